The van der Waals surface area contributed by atoms with Gasteiger partial charge in [0.1, 0.15) is 24.0 Å². The molecular weight excluding hydrogens is 618 g/mol. The molecule has 0 saturated carbocycles. The van der Waals surface area contributed by atoms with Gasteiger partial charge in [-0.2, -0.15) is 9.40 Å². The summed E-state index contributed by atoms with van der Waals surface area (Å²) in [4.78, 5) is 15.7. The molecule has 11 nitrogen and oxygen atoms in total. The Morgan fingerprint density at radius 1 is 1.11 bits per heavy atom. The van der Waals surface area contributed by atoms with Crippen molar-refractivity contribution in [3.63, 3.8) is 0 Å². The summed E-state index contributed by atoms with van der Waals surface area (Å²) in [5, 5.41) is 13.7. The van der Waals surface area contributed by atoms with Gasteiger partial charge >= 0.3 is 0 Å². The number of aromatic nitrogens is 2. The van der Waals surface area contributed by atoms with Crippen molar-refractivity contribution < 1.29 is 31.5 Å². The van der Waals surface area contributed by atoms with Crippen molar-refractivity contribution in [2.45, 2.75) is 62.4 Å². The zero-order valence-electron chi connectivity index (χ0n) is 26.1. The van der Waals surface area contributed by atoms with Crippen LogP contribution in [0.3, 0.4) is 0 Å². The van der Waals surface area contributed by atoms with Gasteiger partial charge in [-0.15, -0.1) is 0 Å². The van der Waals surface area contributed by atoms with Crippen molar-refractivity contribution in [3.8, 4) is 5.75 Å². The van der Waals surface area contributed by atoms with Crippen molar-refractivity contribution >= 4 is 27.4 Å². The maximum Gasteiger partial charge on any atom is 0.258 e. The maximum atomic E-state index is 14.0. The third kappa shape index (κ3) is 7.04. The predicted octanol–water partition coefficient (Wildman–Crippen LogP) is 4.49. The topological polar surface area (TPSA) is 129 Å². The van der Waals surface area contributed by atoms with E-state index in [1.54, 1.807) is 12.1 Å². The third-order valence-corrected chi connectivity index (χ3v) is 10.6. The van der Waals surface area contributed by atoms with Crippen molar-refractivity contribution in [2.24, 2.45) is 0 Å². The smallest absolute Gasteiger partial charge is 0.258 e. The number of halogens is 2. The van der Waals surface area contributed by atoms with Crippen LogP contribution in [0.2, 0.25) is 0 Å². The van der Waals surface area contributed by atoms with Crippen LogP contribution in [0.25, 0.3) is 0 Å². The Balaban J connectivity index is 1.24. The largest absolute Gasteiger partial charge is 0.492 e. The van der Waals surface area contributed by atoms with Crippen molar-refractivity contribution in [1.29, 1.82) is 0 Å². The minimum atomic E-state index is -4.28. The molecule has 2 fully saturated rings. The Kier molecular flexibility index (Phi) is 9.33. The van der Waals surface area contributed by atoms with E-state index in [2.05, 4.69) is 25.7 Å². The first-order valence-corrected chi connectivity index (χ1v) is 17.1. The predicted molar refractivity (Wildman–Crippen MR) is 169 cm³/mol. The molecule has 0 radical (unpaired) electrons. The summed E-state index contributed by atoms with van der Waals surface area (Å²) in [6.45, 7) is 8.36. The number of H-pyrrole nitrogens is 1. The van der Waals surface area contributed by atoms with Gasteiger partial charge < -0.3 is 20.1 Å². The molecular formula is C32H40F2N6O5S. The van der Waals surface area contributed by atoms with E-state index in [0.29, 0.717) is 54.1 Å². The van der Waals surface area contributed by atoms with Gasteiger partial charge in [-0.05, 0) is 63.0 Å². The van der Waals surface area contributed by atoms with Crippen LogP contribution in [0.4, 0.5) is 20.3 Å². The van der Waals surface area contributed by atoms with E-state index < -0.39 is 37.9 Å². The van der Waals surface area contributed by atoms with Gasteiger partial charge in [-0.3, -0.25) is 14.8 Å². The molecule has 14 heteroatoms. The Morgan fingerprint density at radius 2 is 1.83 bits per heavy atom. The Hall–Kier alpha value is -3.59. The highest BCUT2D eigenvalue weighted by molar-refractivity contribution is 7.89. The van der Waals surface area contributed by atoms with Crippen LogP contribution < -0.4 is 15.4 Å². The number of hydrogen-bond acceptors (Lipinski definition) is 8. The molecule has 2 aromatic carbocycles. The molecule has 46 heavy (non-hydrogen) atoms. The molecule has 4 heterocycles. The average Bonchev–Trinajstić information content (AvgIpc) is 3.68. The number of sulfonamides is 1. The number of benzene rings is 2. The summed E-state index contributed by atoms with van der Waals surface area (Å²) >= 11 is 0. The average molecular weight is 659 g/mol. The molecule has 0 spiro atoms. The van der Waals surface area contributed by atoms with Crippen LogP contribution in [0.15, 0.2) is 41.3 Å². The highest BCUT2D eigenvalue weighted by Crippen LogP contribution is 2.38. The lowest BCUT2D eigenvalue weighted by Gasteiger charge is -2.36. The molecule has 0 atom stereocenters. The number of anilines is 2. The molecule has 248 valence electrons. The van der Waals surface area contributed by atoms with Gasteiger partial charge in [0.25, 0.3) is 5.91 Å². The highest BCUT2D eigenvalue weighted by Gasteiger charge is 2.41. The molecule has 6 rings (SSSR count). The molecule has 3 aliphatic rings. The minimum absolute atomic E-state index is 0.0361. The van der Waals surface area contributed by atoms with E-state index in [1.165, 1.54) is 12.8 Å². The second kappa shape index (κ2) is 13.3. The summed E-state index contributed by atoms with van der Waals surface area (Å²) < 4.78 is 67.7. The molecule has 1 aromatic heterocycles. The van der Waals surface area contributed by atoms with Crippen LogP contribution >= 0.6 is 0 Å². The maximum absolute atomic E-state index is 14.0. The van der Waals surface area contributed by atoms with Gasteiger partial charge in [0.2, 0.25) is 10.0 Å². The number of aromatic amines is 1. The lowest BCUT2D eigenvalue weighted by molar-refractivity contribution is 0.0904. The number of nitrogens with one attached hydrogen (secondary N) is 3. The fourth-order valence-electron chi connectivity index (χ4n) is 6.40. The second-order valence-corrected chi connectivity index (χ2v) is 14.7. The number of fused-ring (bicyclic) bond motifs is 1. The van der Waals surface area contributed by atoms with E-state index in [9.17, 15) is 22.0 Å². The van der Waals surface area contributed by atoms with Crippen LogP contribution in [0.5, 0.6) is 5.75 Å². The standard InChI is InChI=1S/C32H40F2N6O5S/c1-32(2)20-40(46(42,43)25-16-21(33)15-22(34)17-25)19-27-29(32)37-38-30(27)36-31(41)26-6-5-24(45-14-11-39-9-3-4-10-39)18-28(26)35-23-7-12-44-13-8-23/h5-6,15-18,23,35H,3-4,7-14,19-20H2,1-2H3,(H2,36,37,38,41). The molecule has 0 bridgehead atoms. The quantitative estimate of drug-likeness (QED) is 0.291. The fraction of sp³-hybridized carbons (Fsp3) is 0.500. The van der Waals surface area contributed by atoms with Crippen molar-refractivity contribution in [3.05, 3.63) is 64.9 Å². The van der Waals surface area contributed by atoms with E-state index in [-0.39, 0.29) is 24.9 Å². The lowest BCUT2D eigenvalue weighted by Crippen LogP contribution is -2.45. The van der Waals surface area contributed by atoms with Gasteiger partial charge in [0.05, 0.1) is 16.1 Å². The summed E-state index contributed by atoms with van der Waals surface area (Å²) in [5.74, 6) is -1.57. The monoisotopic (exact) mass is 658 g/mol. The van der Waals surface area contributed by atoms with E-state index in [4.69, 9.17) is 9.47 Å². The Bertz CT molecular complexity index is 1670. The van der Waals surface area contributed by atoms with Gasteiger partial charge in [-0.25, -0.2) is 17.2 Å². The molecule has 3 aliphatic heterocycles. The molecule has 3 aromatic rings. The van der Waals surface area contributed by atoms with Crippen molar-refractivity contribution in [1.82, 2.24) is 19.4 Å². The number of ether oxygens (including phenoxy) is 2. The van der Waals surface area contributed by atoms with Crippen molar-refractivity contribution in [2.75, 3.05) is 56.6 Å². The first-order valence-electron chi connectivity index (χ1n) is 15.7. The zero-order chi connectivity index (χ0) is 32.5. The van der Waals surface area contributed by atoms with E-state index >= 15 is 0 Å². The summed E-state index contributed by atoms with van der Waals surface area (Å²) in [7, 11) is -4.28. The summed E-state index contributed by atoms with van der Waals surface area (Å²) in [6, 6.07) is 7.65. The molecule has 3 N–H and O–H groups in total. The Labute approximate surface area is 267 Å². The van der Waals surface area contributed by atoms with E-state index in [1.807, 2.05) is 19.9 Å². The van der Waals surface area contributed by atoms with Crippen LogP contribution in [-0.2, 0) is 26.7 Å². The third-order valence-electron chi connectivity index (χ3n) is 8.85. The molecule has 1 amide bonds. The summed E-state index contributed by atoms with van der Waals surface area (Å²) in [6.07, 6.45) is 4.01. The zero-order valence-corrected chi connectivity index (χ0v) is 26.9. The first kappa shape index (κ1) is 32.4. The summed E-state index contributed by atoms with van der Waals surface area (Å²) in [5.41, 5.74) is 1.40. The van der Waals surface area contributed by atoms with E-state index in [0.717, 1.165) is 48.9 Å². The van der Waals surface area contributed by atoms with Gasteiger partial charge in [0, 0.05) is 67.7 Å². The normalized spacial score (nSPS) is 19.1. The fourth-order valence-corrected chi connectivity index (χ4v) is 8.01. The number of carbonyl (C=O) groups excluding carboxylic acids is 1. The molecule has 0 aliphatic carbocycles. The minimum Gasteiger partial charge on any atom is -0.492 e. The number of nitrogens with zero attached hydrogens (tertiary/aromatic N) is 3. The lowest BCUT2D eigenvalue weighted by atomic mass is 9.84. The first-order chi connectivity index (χ1) is 22.0. The number of rotatable bonds is 10. The van der Waals surface area contributed by atoms with Crippen LogP contribution in [0.1, 0.15) is 61.1 Å². The highest BCUT2D eigenvalue weighted by atomic mass is 32.2. The molecule has 2 saturated heterocycles. The van der Waals surface area contributed by atoms with Crippen LogP contribution in [0, 0.1) is 11.6 Å². The Morgan fingerprint density at radius 3 is 2.54 bits per heavy atom. The van der Waals surface area contributed by atoms with Gasteiger partial charge in [0.15, 0.2) is 5.82 Å². The SMILES string of the molecule is CC1(C)CN(S(=O)(=O)c2cc(F)cc(F)c2)Cc2c(NC(=O)c3ccc(OCCN4CCCC4)cc3NC3CCOCC3)n[nH]c21. The number of likely N-dealkylation sites (tertiary alicyclic amines) is 1. The van der Waals surface area contributed by atoms with Crippen LogP contribution in [-0.4, -0.2) is 85.8 Å². The number of amides is 1. The molecule has 0 unspecified atom stereocenters. The van der Waals surface area contributed by atoms with Gasteiger partial charge in [-0.1, -0.05) is 13.8 Å². The second-order valence-electron chi connectivity index (χ2n) is 12.8. The number of carbonyl (C=O) groups is 1. The number of hydrogen-bond donors (Lipinski definition) is 3.